The van der Waals surface area contributed by atoms with Crippen molar-refractivity contribution in [1.82, 2.24) is 25.3 Å². The van der Waals surface area contributed by atoms with Gasteiger partial charge in [-0.05, 0) is 56.9 Å². The highest BCUT2D eigenvalue weighted by atomic mass is 16.5. The van der Waals surface area contributed by atoms with Crippen LogP contribution in [0.15, 0.2) is 28.8 Å². The number of amides is 2. The highest BCUT2D eigenvalue weighted by molar-refractivity contribution is 5.81. The van der Waals surface area contributed by atoms with Crippen LogP contribution in [0.2, 0.25) is 0 Å². The Hall–Kier alpha value is -2.74. The van der Waals surface area contributed by atoms with Crippen LogP contribution >= 0.6 is 0 Å². The Bertz CT molecular complexity index is 1020. The molecule has 2 aliphatic heterocycles. The number of hydrogen-bond acceptors (Lipinski definition) is 6. The van der Waals surface area contributed by atoms with Crippen molar-refractivity contribution in [3.05, 3.63) is 47.1 Å². The summed E-state index contributed by atoms with van der Waals surface area (Å²) in [7, 11) is 0. The summed E-state index contributed by atoms with van der Waals surface area (Å²) in [6.45, 7) is 7.10. The van der Waals surface area contributed by atoms with Gasteiger partial charge in [-0.25, -0.2) is 0 Å². The lowest BCUT2D eigenvalue weighted by Gasteiger charge is -2.39. The first-order chi connectivity index (χ1) is 15.9. The van der Waals surface area contributed by atoms with Crippen LogP contribution < -0.4 is 5.32 Å². The number of nitrogens with one attached hydrogen (secondary N) is 1. The number of nitrogens with zero attached hydrogens (tertiary/aromatic N) is 4. The SMILES string of the molecule is Cc1cccc(CNC(=O)CN2CC3(CCN(C(=O)C4CC4)CC3)CC2c2nc(C)no2)c1. The second-order valence-corrected chi connectivity index (χ2v) is 10.2. The molecule has 3 heterocycles. The molecule has 1 aromatic heterocycles. The van der Waals surface area contributed by atoms with E-state index < -0.39 is 0 Å². The van der Waals surface area contributed by atoms with E-state index in [9.17, 15) is 9.59 Å². The van der Waals surface area contributed by atoms with Crippen LogP contribution in [-0.4, -0.2) is 57.9 Å². The van der Waals surface area contributed by atoms with Crippen LogP contribution in [0.5, 0.6) is 0 Å². The predicted molar refractivity (Wildman–Crippen MR) is 122 cm³/mol. The molecule has 2 amide bonds. The molecule has 8 heteroatoms. The van der Waals surface area contributed by atoms with E-state index in [0.29, 0.717) is 30.7 Å². The van der Waals surface area contributed by atoms with E-state index in [1.165, 1.54) is 5.56 Å². The van der Waals surface area contributed by atoms with Gasteiger partial charge < -0.3 is 14.7 Å². The first kappa shape index (κ1) is 22.1. The summed E-state index contributed by atoms with van der Waals surface area (Å²) < 4.78 is 5.54. The first-order valence-corrected chi connectivity index (χ1v) is 12.1. The number of carbonyl (C=O) groups excluding carboxylic acids is 2. The van der Waals surface area contributed by atoms with E-state index in [4.69, 9.17) is 4.52 Å². The molecule has 1 atom stereocenters. The Balaban J connectivity index is 1.24. The Morgan fingerprint density at radius 1 is 1.21 bits per heavy atom. The van der Waals surface area contributed by atoms with E-state index >= 15 is 0 Å². The summed E-state index contributed by atoms with van der Waals surface area (Å²) in [6, 6.07) is 8.11. The molecule has 3 fully saturated rings. The molecule has 2 aromatic rings. The third-order valence-electron chi connectivity index (χ3n) is 7.42. The third-order valence-corrected chi connectivity index (χ3v) is 7.42. The molecule has 0 radical (unpaired) electrons. The summed E-state index contributed by atoms with van der Waals surface area (Å²) >= 11 is 0. The zero-order valence-corrected chi connectivity index (χ0v) is 19.5. The van der Waals surface area contributed by atoms with Crippen LogP contribution in [0, 0.1) is 25.2 Å². The van der Waals surface area contributed by atoms with Gasteiger partial charge in [0, 0.05) is 32.1 Å². The molecule has 33 heavy (non-hydrogen) atoms. The molecular formula is C25H33N5O3. The van der Waals surface area contributed by atoms with Crippen molar-refractivity contribution in [2.24, 2.45) is 11.3 Å². The van der Waals surface area contributed by atoms with Crippen molar-refractivity contribution in [3.63, 3.8) is 0 Å². The molecule has 1 spiro atoms. The van der Waals surface area contributed by atoms with Crippen LogP contribution in [-0.2, 0) is 16.1 Å². The molecule has 176 valence electrons. The van der Waals surface area contributed by atoms with Crippen LogP contribution in [0.1, 0.15) is 61.0 Å². The Morgan fingerprint density at radius 2 is 2.00 bits per heavy atom. The number of carbonyl (C=O) groups is 2. The van der Waals surface area contributed by atoms with Crippen LogP contribution in [0.25, 0.3) is 0 Å². The van der Waals surface area contributed by atoms with Crippen molar-refractivity contribution in [2.45, 2.75) is 58.5 Å². The van der Waals surface area contributed by atoms with Gasteiger partial charge in [0.2, 0.25) is 17.7 Å². The number of benzene rings is 1. The molecule has 1 aliphatic carbocycles. The van der Waals surface area contributed by atoms with Gasteiger partial charge in [0.1, 0.15) is 0 Å². The second-order valence-electron chi connectivity index (χ2n) is 10.2. The molecule has 5 rings (SSSR count). The number of rotatable bonds is 6. The molecule has 0 bridgehead atoms. The van der Waals surface area contributed by atoms with Gasteiger partial charge in [0.05, 0.1) is 12.6 Å². The maximum Gasteiger partial charge on any atom is 0.244 e. The van der Waals surface area contributed by atoms with Gasteiger partial charge in [-0.15, -0.1) is 0 Å². The lowest BCUT2D eigenvalue weighted by atomic mass is 9.76. The van der Waals surface area contributed by atoms with E-state index in [0.717, 1.165) is 57.3 Å². The minimum atomic E-state index is -0.0680. The van der Waals surface area contributed by atoms with E-state index in [-0.39, 0.29) is 23.3 Å². The van der Waals surface area contributed by atoms with E-state index in [1.807, 2.05) is 24.0 Å². The molecule has 2 saturated heterocycles. The minimum Gasteiger partial charge on any atom is -0.351 e. The summed E-state index contributed by atoms with van der Waals surface area (Å²) in [5, 5.41) is 7.05. The highest BCUT2D eigenvalue weighted by Gasteiger charge is 2.49. The van der Waals surface area contributed by atoms with Gasteiger partial charge in [-0.3, -0.25) is 14.5 Å². The minimum absolute atomic E-state index is 0.00357. The fraction of sp³-hybridized carbons (Fsp3) is 0.600. The van der Waals surface area contributed by atoms with Gasteiger partial charge in [0.25, 0.3) is 0 Å². The normalized spacial score (nSPS) is 22.6. The monoisotopic (exact) mass is 451 g/mol. The fourth-order valence-corrected chi connectivity index (χ4v) is 5.42. The predicted octanol–water partition coefficient (Wildman–Crippen LogP) is 2.77. The smallest absolute Gasteiger partial charge is 0.244 e. The third kappa shape index (κ3) is 4.95. The van der Waals surface area contributed by atoms with Crippen molar-refractivity contribution in [3.8, 4) is 0 Å². The average molecular weight is 452 g/mol. The van der Waals surface area contributed by atoms with Crippen molar-refractivity contribution in [2.75, 3.05) is 26.2 Å². The molecule has 1 N–H and O–H groups in total. The zero-order valence-electron chi connectivity index (χ0n) is 19.5. The maximum absolute atomic E-state index is 12.9. The van der Waals surface area contributed by atoms with Gasteiger partial charge in [0.15, 0.2) is 5.82 Å². The van der Waals surface area contributed by atoms with Crippen LogP contribution in [0.4, 0.5) is 0 Å². The van der Waals surface area contributed by atoms with Gasteiger partial charge in [-0.2, -0.15) is 4.98 Å². The molecule has 1 saturated carbocycles. The van der Waals surface area contributed by atoms with E-state index in [2.05, 4.69) is 39.4 Å². The Labute approximate surface area is 194 Å². The number of hydrogen-bond donors (Lipinski definition) is 1. The molecule has 1 aromatic carbocycles. The standard InChI is InChI=1S/C25H33N5O3/c1-17-4-3-5-19(12-17)14-26-22(31)15-30-16-25(13-21(30)23-27-18(2)28-33-23)8-10-29(11-9-25)24(32)20-6-7-20/h3-5,12,20-21H,6-11,13-16H2,1-2H3,(H,26,31). The van der Waals surface area contributed by atoms with Crippen molar-refractivity contribution >= 4 is 11.8 Å². The number of aromatic nitrogens is 2. The summed E-state index contributed by atoms with van der Waals surface area (Å²) in [5.74, 6) is 1.80. The van der Waals surface area contributed by atoms with Gasteiger partial charge in [-0.1, -0.05) is 35.0 Å². The number of likely N-dealkylation sites (tertiary alicyclic amines) is 2. The zero-order chi connectivity index (χ0) is 23.0. The molecule has 3 aliphatic rings. The Morgan fingerprint density at radius 3 is 2.67 bits per heavy atom. The number of piperidine rings is 1. The first-order valence-electron chi connectivity index (χ1n) is 12.1. The largest absolute Gasteiger partial charge is 0.351 e. The summed E-state index contributed by atoms with van der Waals surface area (Å²) in [5.41, 5.74) is 2.35. The van der Waals surface area contributed by atoms with Crippen molar-refractivity contribution < 1.29 is 14.1 Å². The molecular weight excluding hydrogens is 418 g/mol. The van der Waals surface area contributed by atoms with Crippen molar-refractivity contribution in [1.29, 1.82) is 0 Å². The molecule has 1 unspecified atom stereocenters. The topological polar surface area (TPSA) is 91.6 Å². The molecule has 8 nitrogen and oxygen atoms in total. The van der Waals surface area contributed by atoms with Gasteiger partial charge >= 0.3 is 0 Å². The fourth-order valence-electron chi connectivity index (χ4n) is 5.42. The summed E-state index contributed by atoms with van der Waals surface area (Å²) in [4.78, 5) is 34.1. The van der Waals surface area contributed by atoms with E-state index in [1.54, 1.807) is 0 Å². The van der Waals surface area contributed by atoms with Crippen LogP contribution in [0.3, 0.4) is 0 Å². The quantitative estimate of drug-likeness (QED) is 0.726. The highest BCUT2D eigenvalue weighted by Crippen LogP contribution is 2.49. The summed E-state index contributed by atoms with van der Waals surface area (Å²) in [6.07, 6.45) is 4.88. The number of aryl methyl sites for hydroxylation is 2. The lowest BCUT2D eigenvalue weighted by Crippen LogP contribution is -2.45. The lowest BCUT2D eigenvalue weighted by molar-refractivity contribution is -0.134. The maximum atomic E-state index is 12.9. The average Bonchev–Trinajstić information content (AvgIpc) is 3.48. The second kappa shape index (κ2) is 8.89. The Kier molecular flexibility index (Phi) is 5.95.